The maximum atomic E-state index is 13.0. The first-order chi connectivity index (χ1) is 15.3. The van der Waals surface area contributed by atoms with Crippen molar-refractivity contribution in [1.29, 1.82) is 0 Å². The largest absolute Gasteiger partial charge is 0.361 e. The molecule has 2 aromatic heterocycles. The first-order valence-corrected chi connectivity index (χ1v) is 10.9. The molecule has 2 N–H and O–H groups in total. The van der Waals surface area contributed by atoms with Crippen molar-refractivity contribution < 1.29 is 9.59 Å². The van der Waals surface area contributed by atoms with Gasteiger partial charge in [0, 0.05) is 68.5 Å². The van der Waals surface area contributed by atoms with Gasteiger partial charge in [-0.25, -0.2) is 0 Å². The van der Waals surface area contributed by atoms with Gasteiger partial charge in [0.2, 0.25) is 0 Å². The van der Waals surface area contributed by atoms with Gasteiger partial charge in [-0.15, -0.1) is 0 Å². The Morgan fingerprint density at radius 1 is 0.906 bits per heavy atom. The predicted molar refractivity (Wildman–Crippen MR) is 129 cm³/mol. The van der Waals surface area contributed by atoms with Crippen molar-refractivity contribution in [1.82, 2.24) is 19.8 Å². The molecule has 5 rings (SSSR count). The highest BCUT2D eigenvalue weighted by molar-refractivity contribution is 6.51. The van der Waals surface area contributed by atoms with E-state index in [0.29, 0.717) is 32.3 Å². The number of rotatable bonds is 5. The molecule has 0 spiro atoms. The zero-order valence-electron chi connectivity index (χ0n) is 17.5. The van der Waals surface area contributed by atoms with Crippen molar-refractivity contribution in [3.8, 4) is 0 Å². The average molecular weight is 467 g/mol. The zero-order chi connectivity index (χ0) is 22.6. The minimum Gasteiger partial charge on any atom is -0.361 e. The molecule has 32 heavy (non-hydrogen) atoms. The number of nitrogens with zero attached hydrogens (tertiary/aromatic N) is 2. The van der Waals surface area contributed by atoms with Crippen LogP contribution in [0.1, 0.15) is 11.1 Å². The monoisotopic (exact) mass is 466 g/mol. The lowest BCUT2D eigenvalue weighted by Crippen LogP contribution is -2.22. The average Bonchev–Trinajstić information content (AvgIpc) is 3.38. The van der Waals surface area contributed by atoms with Crippen molar-refractivity contribution in [2.45, 2.75) is 6.54 Å². The van der Waals surface area contributed by atoms with Crippen LogP contribution < -0.4 is 5.32 Å². The number of imide groups is 1. The van der Waals surface area contributed by atoms with Crippen LogP contribution in [-0.2, 0) is 16.1 Å². The van der Waals surface area contributed by atoms with Crippen LogP contribution >= 0.6 is 23.2 Å². The molecule has 0 bridgehead atoms. The highest BCUT2D eigenvalue weighted by Crippen LogP contribution is 2.39. The summed E-state index contributed by atoms with van der Waals surface area (Å²) in [4.78, 5) is 31.2. The fraction of sp³-hybridized carbons (Fsp3) is 0.167. The number of H-pyrrole nitrogens is 1. The molecule has 1 aliphatic heterocycles. The van der Waals surface area contributed by atoms with Gasteiger partial charge in [-0.2, -0.15) is 0 Å². The Hall–Kier alpha value is -3.06. The summed E-state index contributed by atoms with van der Waals surface area (Å²) in [5.74, 6) is -0.852. The molecule has 0 aliphatic carbocycles. The SMILES string of the molecule is CN(C)CCn1cc(C2=C(c3c[nH]c4ccc(Cl)cc34)C(=O)NC2=O)c2cc(Cl)ccc21. The third kappa shape index (κ3) is 3.41. The van der Waals surface area contributed by atoms with E-state index in [0.717, 1.165) is 34.9 Å². The van der Waals surface area contributed by atoms with E-state index in [1.165, 1.54) is 0 Å². The summed E-state index contributed by atoms with van der Waals surface area (Å²) in [5.41, 5.74) is 3.77. The van der Waals surface area contributed by atoms with Crippen LogP contribution in [0.3, 0.4) is 0 Å². The van der Waals surface area contributed by atoms with E-state index in [-0.39, 0.29) is 0 Å². The molecule has 0 saturated carbocycles. The Morgan fingerprint density at radius 2 is 1.56 bits per heavy atom. The second-order valence-electron chi connectivity index (χ2n) is 8.13. The number of likely N-dealkylation sites (N-methyl/N-ethyl adjacent to an activating group) is 1. The summed E-state index contributed by atoms with van der Waals surface area (Å²) in [6.07, 6.45) is 3.67. The molecule has 0 fully saturated rings. The molecule has 6 nitrogen and oxygen atoms in total. The molecule has 0 radical (unpaired) electrons. The number of carbonyl (C=O) groups is 2. The molecule has 0 atom stereocenters. The molecule has 2 aromatic carbocycles. The number of fused-ring (bicyclic) bond motifs is 2. The second kappa shape index (κ2) is 7.81. The molecular formula is C24H20Cl2N4O2. The van der Waals surface area contributed by atoms with Gasteiger partial charge in [0.15, 0.2) is 0 Å². The van der Waals surface area contributed by atoms with Gasteiger partial charge < -0.3 is 14.5 Å². The van der Waals surface area contributed by atoms with E-state index < -0.39 is 11.8 Å². The first-order valence-electron chi connectivity index (χ1n) is 10.1. The molecular weight excluding hydrogens is 447 g/mol. The molecule has 1 aliphatic rings. The van der Waals surface area contributed by atoms with Crippen LogP contribution in [0.15, 0.2) is 48.8 Å². The Morgan fingerprint density at radius 3 is 2.28 bits per heavy atom. The van der Waals surface area contributed by atoms with Crippen LogP contribution in [0.2, 0.25) is 10.0 Å². The Labute approximate surface area is 194 Å². The summed E-state index contributed by atoms with van der Waals surface area (Å²) in [6.45, 7) is 1.55. The minimum absolute atomic E-state index is 0.329. The van der Waals surface area contributed by atoms with E-state index in [2.05, 4.69) is 19.8 Å². The number of nitrogens with one attached hydrogen (secondary N) is 2. The molecule has 8 heteroatoms. The van der Waals surface area contributed by atoms with E-state index in [1.54, 1.807) is 18.3 Å². The van der Waals surface area contributed by atoms with Crippen LogP contribution in [0, 0.1) is 0 Å². The number of halogens is 2. The molecule has 0 saturated heterocycles. The topological polar surface area (TPSA) is 70.1 Å². The Balaban J connectivity index is 1.78. The molecule has 0 unspecified atom stereocenters. The Kier molecular flexibility index (Phi) is 5.08. The fourth-order valence-corrected chi connectivity index (χ4v) is 4.57. The maximum absolute atomic E-state index is 13.0. The van der Waals surface area contributed by atoms with Crippen LogP contribution in [-0.4, -0.2) is 46.9 Å². The van der Waals surface area contributed by atoms with Crippen molar-refractivity contribution in [2.24, 2.45) is 0 Å². The normalized spacial score (nSPS) is 14.4. The van der Waals surface area contributed by atoms with Crippen LogP contribution in [0.5, 0.6) is 0 Å². The number of aromatic nitrogens is 2. The summed E-state index contributed by atoms with van der Waals surface area (Å²) in [5, 5.41) is 5.20. The predicted octanol–water partition coefficient (Wildman–Crippen LogP) is 4.56. The van der Waals surface area contributed by atoms with Gasteiger partial charge in [0.25, 0.3) is 11.8 Å². The fourth-order valence-electron chi connectivity index (χ4n) is 4.23. The number of benzene rings is 2. The van der Waals surface area contributed by atoms with Crippen molar-refractivity contribution in [2.75, 3.05) is 20.6 Å². The lowest BCUT2D eigenvalue weighted by Gasteiger charge is -2.11. The van der Waals surface area contributed by atoms with Crippen molar-refractivity contribution in [3.63, 3.8) is 0 Å². The van der Waals surface area contributed by atoms with Crippen LogP contribution in [0.4, 0.5) is 0 Å². The molecule has 4 aromatic rings. The smallest absolute Gasteiger partial charge is 0.259 e. The number of amides is 2. The van der Waals surface area contributed by atoms with Crippen molar-refractivity contribution >= 4 is 68.0 Å². The molecule has 162 valence electrons. The lowest BCUT2D eigenvalue weighted by atomic mass is 9.95. The number of hydrogen-bond donors (Lipinski definition) is 2. The maximum Gasteiger partial charge on any atom is 0.259 e. The second-order valence-corrected chi connectivity index (χ2v) is 9.00. The summed E-state index contributed by atoms with van der Waals surface area (Å²) in [7, 11) is 4.02. The minimum atomic E-state index is -0.429. The summed E-state index contributed by atoms with van der Waals surface area (Å²) < 4.78 is 2.09. The number of carbonyl (C=O) groups excluding carboxylic acids is 2. The van der Waals surface area contributed by atoms with Crippen molar-refractivity contribution in [3.05, 3.63) is 70.0 Å². The lowest BCUT2D eigenvalue weighted by molar-refractivity contribution is -0.122. The van der Waals surface area contributed by atoms with Gasteiger partial charge in [0.1, 0.15) is 0 Å². The third-order valence-electron chi connectivity index (χ3n) is 5.74. The number of aromatic amines is 1. The molecule has 2 amide bonds. The Bertz CT molecular complexity index is 1450. The zero-order valence-corrected chi connectivity index (χ0v) is 19.0. The quantitative estimate of drug-likeness (QED) is 0.423. The van der Waals surface area contributed by atoms with E-state index >= 15 is 0 Å². The molecule has 3 heterocycles. The van der Waals surface area contributed by atoms with E-state index in [1.807, 2.05) is 44.6 Å². The van der Waals surface area contributed by atoms with Gasteiger partial charge in [-0.05, 0) is 50.5 Å². The van der Waals surface area contributed by atoms with E-state index in [9.17, 15) is 9.59 Å². The first kappa shape index (κ1) is 20.8. The highest BCUT2D eigenvalue weighted by atomic mass is 35.5. The third-order valence-corrected chi connectivity index (χ3v) is 6.22. The summed E-state index contributed by atoms with van der Waals surface area (Å²) in [6, 6.07) is 11.0. The van der Waals surface area contributed by atoms with E-state index in [4.69, 9.17) is 23.2 Å². The van der Waals surface area contributed by atoms with Gasteiger partial charge >= 0.3 is 0 Å². The summed E-state index contributed by atoms with van der Waals surface area (Å²) >= 11 is 12.5. The number of hydrogen-bond acceptors (Lipinski definition) is 3. The van der Waals surface area contributed by atoms with Gasteiger partial charge in [-0.3, -0.25) is 14.9 Å². The van der Waals surface area contributed by atoms with Gasteiger partial charge in [0.05, 0.1) is 11.1 Å². The standard InChI is InChI=1S/C24H20Cl2N4O2/c1-29(2)7-8-30-12-18(16-10-14(26)4-6-20(16)30)22-21(23(31)28-24(22)32)17-11-27-19-5-3-13(25)9-15(17)19/h3-6,9-12,27H,7-8H2,1-2H3,(H,28,31,32). The van der Waals surface area contributed by atoms with Crippen LogP contribution in [0.25, 0.3) is 33.0 Å². The van der Waals surface area contributed by atoms with Gasteiger partial charge in [-0.1, -0.05) is 23.2 Å². The highest BCUT2D eigenvalue weighted by Gasteiger charge is 2.35.